The van der Waals surface area contributed by atoms with Gasteiger partial charge in [0.2, 0.25) is 0 Å². The molecule has 20 heteroatoms. The van der Waals surface area contributed by atoms with E-state index >= 15 is 0 Å². The van der Waals surface area contributed by atoms with E-state index in [1.165, 1.54) is 0 Å². The van der Waals surface area contributed by atoms with Gasteiger partial charge in [0, 0.05) is 0 Å². The van der Waals surface area contributed by atoms with Crippen molar-refractivity contribution in [2.24, 2.45) is 0 Å². The Kier molecular flexibility index (Phi) is 35.6. The van der Waals surface area contributed by atoms with Crippen LogP contribution in [0, 0.1) is 0 Å². The van der Waals surface area contributed by atoms with Crippen LogP contribution < -0.4 is 37.9 Å². The van der Waals surface area contributed by atoms with Gasteiger partial charge in [0.05, 0.1) is 159 Å². The summed E-state index contributed by atoms with van der Waals surface area (Å²) in [6, 6.07) is 29.8. The van der Waals surface area contributed by atoms with E-state index in [-0.39, 0.29) is 0 Å². The molecule has 0 amide bonds. The van der Waals surface area contributed by atoms with Crippen molar-refractivity contribution in [2.45, 2.75) is 0 Å². The van der Waals surface area contributed by atoms with Gasteiger partial charge in [-0.2, -0.15) is 0 Å². The van der Waals surface area contributed by atoms with Crippen LogP contribution in [0.3, 0.4) is 0 Å². The summed E-state index contributed by atoms with van der Waals surface area (Å²) >= 11 is 0. The number of benzene rings is 4. The minimum atomic E-state index is 0.420. The Morgan fingerprint density at radius 2 is 0.197 bits per heavy atom. The highest BCUT2D eigenvalue weighted by Crippen LogP contribution is 2.20. The minimum absolute atomic E-state index is 0.420. The molecular formula is C56H80O20. The second-order valence-corrected chi connectivity index (χ2v) is 16.0. The van der Waals surface area contributed by atoms with Crippen molar-refractivity contribution in [3.63, 3.8) is 0 Å². The SMILES string of the molecule is c1cc2ccc1OCCOCCOCCOCCOc1ccc(cc1)OCCOCCOCCOCCOc1ccc(cc1)OCCOCCOCCOCCOc1ccc(cc1)OCCOCCOCCOCCO2. The van der Waals surface area contributed by atoms with Crippen LogP contribution in [0.5, 0.6) is 46.0 Å². The third-order valence-electron chi connectivity index (χ3n) is 10.2. The van der Waals surface area contributed by atoms with Gasteiger partial charge in [0.1, 0.15) is 98.9 Å². The molecule has 76 heavy (non-hydrogen) atoms. The van der Waals surface area contributed by atoms with Crippen LogP contribution in [0.15, 0.2) is 97.1 Å². The highest BCUT2D eigenvalue weighted by Gasteiger charge is 2.04. The van der Waals surface area contributed by atoms with Gasteiger partial charge in [-0.25, -0.2) is 0 Å². The average molecular weight is 1070 g/mol. The molecule has 14 rings (SSSR count). The van der Waals surface area contributed by atoms with Crippen molar-refractivity contribution < 1.29 is 94.7 Å². The van der Waals surface area contributed by atoms with Crippen molar-refractivity contribution in [1.82, 2.24) is 0 Å². The molecule has 10 aliphatic heterocycles. The molecule has 424 valence electrons. The zero-order chi connectivity index (χ0) is 52.7. The van der Waals surface area contributed by atoms with E-state index in [1.54, 1.807) is 0 Å². The van der Waals surface area contributed by atoms with Crippen LogP contribution >= 0.6 is 0 Å². The summed E-state index contributed by atoms with van der Waals surface area (Å²) in [5, 5.41) is 0. The first-order valence-electron chi connectivity index (χ1n) is 26.2. The van der Waals surface area contributed by atoms with Gasteiger partial charge in [0.15, 0.2) is 0 Å². The van der Waals surface area contributed by atoms with Crippen LogP contribution in [0.4, 0.5) is 0 Å². The first kappa shape index (κ1) is 61.7. The Hall–Kier alpha value is -5.20. The summed E-state index contributed by atoms with van der Waals surface area (Å²) in [7, 11) is 0. The fourth-order valence-corrected chi connectivity index (χ4v) is 6.44. The lowest BCUT2D eigenvalue weighted by molar-refractivity contribution is 0.00468. The lowest BCUT2D eigenvalue weighted by Crippen LogP contribution is -2.14. The Morgan fingerprint density at radius 3 is 0.289 bits per heavy atom. The van der Waals surface area contributed by atoms with Crippen LogP contribution in [0.25, 0.3) is 0 Å². The van der Waals surface area contributed by atoms with Gasteiger partial charge in [-0.3, -0.25) is 0 Å². The summed E-state index contributed by atoms with van der Waals surface area (Å²) in [5.74, 6) is 5.86. The number of hydrogen-bond acceptors (Lipinski definition) is 20. The Bertz CT molecular complexity index is 1500. The van der Waals surface area contributed by atoms with Crippen molar-refractivity contribution in [1.29, 1.82) is 0 Å². The number of rotatable bonds is 0. The summed E-state index contributed by atoms with van der Waals surface area (Å²) in [6.07, 6.45) is 0. The second-order valence-electron chi connectivity index (χ2n) is 16.0. The molecule has 0 aliphatic carbocycles. The normalized spacial score (nSPS) is 19.2. The van der Waals surface area contributed by atoms with E-state index in [4.69, 9.17) is 94.7 Å². The maximum Gasteiger partial charge on any atom is 0.119 e. The smallest absolute Gasteiger partial charge is 0.119 e. The van der Waals surface area contributed by atoms with Gasteiger partial charge in [-0.1, -0.05) is 0 Å². The predicted octanol–water partition coefficient (Wildman–Crippen LogP) is 6.03. The van der Waals surface area contributed by atoms with Crippen molar-refractivity contribution in [3.05, 3.63) is 97.1 Å². The van der Waals surface area contributed by atoms with Gasteiger partial charge in [-0.15, -0.1) is 0 Å². The topological polar surface area (TPSA) is 185 Å². The van der Waals surface area contributed by atoms with Crippen LogP contribution in [0.1, 0.15) is 0 Å². The Balaban J connectivity index is 0.877. The molecule has 0 saturated carbocycles. The molecule has 8 bridgehead atoms. The van der Waals surface area contributed by atoms with Gasteiger partial charge < -0.3 is 94.7 Å². The minimum Gasteiger partial charge on any atom is -0.491 e. The van der Waals surface area contributed by atoms with E-state index in [1.807, 2.05) is 97.1 Å². The van der Waals surface area contributed by atoms with Gasteiger partial charge in [0.25, 0.3) is 0 Å². The molecule has 0 saturated heterocycles. The van der Waals surface area contributed by atoms with E-state index in [2.05, 4.69) is 0 Å². The number of ether oxygens (including phenoxy) is 20. The predicted molar refractivity (Wildman–Crippen MR) is 280 cm³/mol. The lowest BCUT2D eigenvalue weighted by Gasteiger charge is -2.11. The van der Waals surface area contributed by atoms with Crippen LogP contribution in [0.2, 0.25) is 0 Å². The fourth-order valence-electron chi connectivity index (χ4n) is 6.44. The lowest BCUT2D eigenvalue weighted by atomic mass is 10.3. The standard InChI is InChI=1S/C56H80O20/c1-2-50-4-3-49(1)69-41-33-61-25-17-57-19-27-63-35-43-71-51-5-7-53(8-6-51)73-45-37-65-29-21-59-23-31-67-39-47-75-55-13-15-56(16-14-55)76-48-40-68-32-24-60-22-30-66-38-46-74-54-11-9-52(10-12-54)72-44-36-64-28-20-58-18-26-62-34-42-70-50/h1-16H,17-48H2. The Labute approximate surface area is 448 Å². The van der Waals surface area contributed by atoms with E-state index in [0.717, 1.165) is 46.0 Å². The molecule has 0 radical (unpaired) electrons. The second kappa shape index (κ2) is 43.9. The number of hydrogen-bond donors (Lipinski definition) is 0. The largest absolute Gasteiger partial charge is 0.491 e. The third-order valence-corrected chi connectivity index (χ3v) is 10.2. The molecule has 0 atom stereocenters. The van der Waals surface area contributed by atoms with Crippen LogP contribution in [-0.4, -0.2) is 211 Å². The molecule has 10 heterocycles. The molecule has 0 fully saturated rings. The van der Waals surface area contributed by atoms with E-state index in [9.17, 15) is 0 Å². The summed E-state index contributed by atoms with van der Waals surface area (Å²) in [5.41, 5.74) is 0. The maximum absolute atomic E-state index is 5.76. The van der Waals surface area contributed by atoms with Crippen LogP contribution in [-0.2, 0) is 56.8 Å². The summed E-state index contributed by atoms with van der Waals surface area (Å²) in [4.78, 5) is 0. The molecule has 0 spiro atoms. The first-order chi connectivity index (χ1) is 37.8. The zero-order valence-corrected chi connectivity index (χ0v) is 44.0. The molecular weight excluding hydrogens is 993 g/mol. The van der Waals surface area contributed by atoms with Gasteiger partial charge >= 0.3 is 0 Å². The zero-order valence-electron chi connectivity index (χ0n) is 44.0. The summed E-state index contributed by atoms with van der Waals surface area (Å²) in [6.45, 7) is 14.3. The summed E-state index contributed by atoms with van der Waals surface area (Å²) < 4.78 is 113. The molecule has 4 aromatic carbocycles. The molecule has 0 N–H and O–H groups in total. The van der Waals surface area contributed by atoms with E-state index < -0.39 is 0 Å². The van der Waals surface area contributed by atoms with Gasteiger partial charge in [-0.05, 0) is 97.1 Å². The monoisotopic (exact) mass is 1070 g/mol. The highest BCUT2D eigenvalue weighted by atomic mass is 16.6. The Morgan fingerprint density at radius 1 is 0.118 bits per heavy atom. The van der Waals surface area contributed by atoms with Crippen molar-refractivity contribution >= 4 is 0 Å². The molecule has 20 nitrogen and oxygen atoms in total. The van der Waals surface area contributed by atoms with Crippen molar-refractivity contribution in [3.8, 4) is 46.0 Å². The first-order valence-corrected chi connectivity index (χ1v) is 26.2. The van der Waals surface area contributed by atoms with E-state index in [0.29, 0.717) is 211 Å². The third kappa shape index (κ3) is 32.4. The maximum atomic E-state index is 5.76. The highest BCUT2D eigenvalue weighted by molar-refractivity contribution is 5.33. The molecule has 0 unspecified atom stereocenters. The fraction of sp³-hybridized carbons (Fsp3) is 0.571. The molecule has 4 aromatic rings. The molecule has 10 aliphatic rings. The van der Waals surface area contributed by atoms with Crippen molar-refractivity contribution in [2.75, 3.05) is 211 Å². The molecule has 0 aromatic heterocycles. The quantitative estimate of drug-likeness (QED) is 0.199. The average Bonchev–Trinajstić information content (AvgIpc) is 3.45.